The van der Waals surface area contributed by atoms with Crippen molar-refractivity contribution < 1.29 is 15.0 Å². The molecule has 1 aliphatic heterocycles. The van der Waals surface area contributed by atoms with Crippen LogP contribution in [-0.2, 0) is 4.79 Å². The maximum absolute atomic E-state index is 10.9. The number of carboxylic acids is 1. The minimum Gasteiger partial charge on any atom is -0.505 e. The molecule has 2 N–H and O–H groups in total. The van der Waals surface area contributed by atoms with Crippen molar-refractivity contribution in [3.63, 3.8) is 0 Å². The fourth-order valence-electron chi connectivity index (χ4n) is 1.56. The highest BCUT2D eigenvalue weighted by atomic mass is 16.4. The van der Waals surface area contributed by atoms with Crippen LogP contribution in [0, 0.1) is 0 Å². The van der Waals surface area contributed by atoms with E-state index in [0.717, 1.165) is 5.56 Å². The summed E-state index contributed by atoms with van der Waals surface area (Å²) in [6, 6.07) is 3.48. The van der Waals surface area contributed by atoms with Crippen LogP contribution in [0.5, 0.6) is 0 Å². The number of rotatable bonds is 2. The van der Waals surface area contributed by atoms with Gasteiger partial charge in [-0.25, -0.2) is 9.79 Å². The second-order valence-corrected chi connectivity index (χ2v) is 3.54. The Morgan fingerprint density at radius 3 is 2.53 bits per heavy atom. The number of carbonyl (C=O) groups is 1. The molecule has 0 amide bonds. The third-order valence-electron chi connectivity index (χ3n) is 2.35. The first-order chi connectivity index (χ1) is 8.09. The van der Waals surface area contributed by atoms with Crippen molar-refractivity contribution in [2.24, 2.45) is 4.99 Å². The predicted molar refractivity (Wildman–Crippen MR) is 62.6 cm³/mol. The molecule has 17 heavy (non-hydrogen) atoms. The quantitative estimate of drug-likeness (QED) is 0.811. The number of carboxylic acid groups (broad SMARTS) is 1. The van der Waals surface area contributed by atoms with Gasteiger partial charge in [-0.05, 0) is 30.7 Å². The number of aliphatic hydroxyl groups is 1. The van der Waals surface area contributed by atoms with Gasteiger partial charge in [0.2, 0.25) is 0 Å². The molecule has 5 heteroatoms. The summed E-state index contributed by atoms with van der Waals surface area (Å²) in [7, 11) is 0. The van der Waals surface area contributed by atoms with Gasteiger partial charge in [-0.3, -0.25) is 4.98 Å². The number of aliphatic imine (C=N–C) groups is 1. The first kappa shape index (κ1) is 11.1. The normalized spacial score (nSPS) is 17.5. The van der Waals surface area contributed by atoms with Gasteiger partial charge in [-0.1, -0.05) is 0 Å². The summed E-state index contributed by atoms with van der Waals surface area (Å²) in [5.41, 5.74) is 1.21. The molecule has 0 radical (unpaired) electrons. The summed E-state index contributed by atoms with van der Waals surface area (Å²) in [4.78, 5) is 18.8. The van der Waals surface area contributed by atoms with Gasteiger partial charge in [0.1, 0.15) is 11.3 Å². The van der Waals surface area contributed by atoms with E-state index in [9.17, 15) is 9.90 Å². The lowest BCUT2D eigenvalue weighted by Gasteiger charge is -1.97. The molecule has 0 bridgehead atoms. The van der Waals surface area contributed by atoms with E-state index in [1.807, 2.05) is 0 Å². The van der Waals surface area contributed by atoms with Crippen molar-refractivity contribution in [1.82, 2.24) is 4.98 Å². The van der Waals surface area contributed by atoms with Crippen LogP contribution in [-0.4, -0.2) is 26.9 Å². The van der Waals surface area contributed by atoms with E-state index in [1.54, 1.807) is 37.5 Å². The van der Waals surface area contributed by atoms with Gasteiger partial charge in [-0.15, -0.1) is 0 Å². The Labute approximate surface area is 97.5 Å². The third kappa shape index (κ3) is 2.08. The van der Waals surface area contributed by atoms with Gasteiger partial charge in [0.05, 0.1) is 5.71 Å². The average Bonchev–Trinajstić information content (AvgIpc) is 2.55. The zero-order valence-corrected chi connectivity index (χ0v) is 9.08. The zero-order valence-electron chi connectivity index (χ0n) is 9.08. The Morgan fingerprint density at radius 2 is 2.00 bits per heavy atom. The molecule has 5 nitrogen and oxygen atoms in total. The zero-order chi connectivity index (χ0) is 12.4. The highest BCUT2D eigenvalue weighted by Crippen LogP contribution is 2.25. The monoisotopic (exact) mass is 230 g/mol. The lowest BCUT2D eigenvalue weighted by atomic mass is 10.1. The van der Waals surface area contributed by atoms with Crippen LogP contribution in [0.1, 0.15) is 12.5 Å². The van der Waals surface area contributed by atoms with Crippen molar-refractivity contribution >= 4 is 17.8 Å². The van der Waals surface area contributed by atoms with E-state index < -0.39 is 5.97 Å². The second kappa shape index (κ2) is 4.21. The Bertz CT molecular complexity index is 556. The highest BCUT2D eigenvalue weighted by Gasteiger charge is 2.25. The molecule has 0 aromatic carbocycles. The molecule has 1 aromatic rings. The van der Waals surface area contributed by atoms with Crippen LogP contribution >= 0.6 is 0 Å². The Hall–Kier alpha value is -2.43. The maximum atomic E-state index is 10.9. The van der Waals surface area contributed by atoms with Crippen LogP contribution in [0.25, 0.3) is 6.08 Å². The number of hydrogen-bond donors (Lipinski definition) is 2. The van der Waals surface area contributed by atoms with Crippen LogP contribution in [0.15, 0.2) is 46.5 Å². The van der Waals surface area contributed by atoms with Gasteiger partial charge in [-0.2, -0.15) is 0 Å². The Balaban J connectivity index is 2.44. The molecule has 0 fully saturated rings. The molecular weight excluding hydrogens is 220 g/mol. The van der Waals surface area contributed by atoms with Gasteiger partial charge in [0.15, 0.2) is 5.76 Å². The van der Waals surface area contributed by atoms with Crippen molar-refractivity contribution in [2.75, 3.05) is 0 Å². The molecule has 2 heterocycles. The van der Waals surface area contributed by atoms with E-state index in [0.29, 0.717) is 5.71 Å². The molecule has 1 aromatic heterocycles. The molecule has 1 aliphatic rings. The lowest BCUT2D eigenvalue weighted by Crippen LogP contribution is -2.08. The Morgan fingerprint density at radius 1 is 1.35 bits per heavy atom. The Kier molecular flexibility index (Phi) is 2.74. The van der Waals surface area contributed by atoms with Crippen LogP contribution in [0.3, 0.4) is 0 Å². The van der Waals surface area contributed by atoms with E-state index >= 15 is 0 Å². The summed E-state index contributed by atoms with van der Waals surface area (Å²) in [5, 5.41) is 18.7. The summed E-state index contributed by atoms with van der Waals surface area (Å²) < 4.78 is 0. The summed E-state index contributed by atoms with van der Waals surface area (Å²) in [6.07, 6.45) is 4.82. The number of nitrogens with zero attached hydrogens (tertiary/aromatic N) is 2. The fraction of sp³-hybridized carbons (Fsp3) is 0.0833. The molecule has 0 atom stereocenters. The third-order valence-corrected chi connectivity index (χ3v) is 2.35. The predicted octanol–water partition coefficient (Wildman–Crippen LogP) is 1.79. The van der Waals surface area contributed by atoms with Crippen molar-refractivity contribution in [3.05, 3.63) is 47.1 Å². The minimum atomic E-state index is -1.18. The van der Waals surface area contributed by atoms with Gasteiger partial charge in [0, 0.05) is 12.4 Å². The van der Waals surface area contributed by atoms with E-state index in [2.05, 4.69) is 9.98 Å². The first-order valence-corrected chi connectivity index (χ1v) is 4.94. The van der Waals surface area contributed by atoms with Crippen molar-refractivity contribution in [3.8, 4) is 0 Å². The molecule has 86 valence electrons. The summed E-state index contributed by atoms with van der Waals surface area (Å²) in [6.45, 7) is 1.55. The number of aromatic nitrogens is 1. The molecule has 0 unspecified atom stereocenters. The fourth-order valence-corrected chi connectivity index (χ4v) is 1.56. The first-order valence-electron chi connectivity index (χ1n) is 4.94. The van der Waals surface area contributed by atoms with Gasteiger partial charge < -0.3 is 10.2 Å². The summed E-state index contributed by atoms with van der Waals surface area (Å²) >= 11 is 0. The summed E-state index contributed by atoms with van der Waals surface area (Å²) in [5.74, 6) is -1.48. The minimum absolute atomic E-state index is 0.148. The largest absolute Gasteiger partial charge is 0.505 e. The SMILES string of the molecule is CC1=N/C(=C\c2ccncc2)C(O)=C1C(=O)O. The number of pyridine rings is 1. The molecule has 0 spiro atoms. The van der Waals surface area contributed by atoms with E-state index in [4.69, 9.17) is 5.11 Å². The van der Waals surface area contributed by atoms with Crippen LogP contribution < -0.4 is 0 Å². The van der Waals surface area contributed by atoms with Crippen molar-refractivity contribution in [2.45, 2.75) is 6.92 Å². The second-order valence-electron chi connectivity index (χ2n) is 3.54. The van der Waals surface area contributed by atoms with Gasteiger partial charge >= 0.3 is 5.97 Å². The smallest absolute Gasteiger partial charge is 0.341 e. The molecule has 0 aliphatic carbocycles. The molecule has 0 saturated carbocycles. The molecular formula is C12H10N2O3. The maximum Gasteiger partial charge on any atom is 0.341 e. The average molecular weight is 230 g/mol. The highest BCUT2D eigenvalue weighted by molar-refractivity contribution is 6.21. The lowest BCUT2D eigenvalue weighted by molar-refractivity contribution is -0.132. The van der Waals surface area contributed by atoms with E-state index in [1.165, 1.54) is 0 Å². The van der Waals surface area contributed by atoms with Crippen molar-refractivity contribution in [1.29, 1.82) is 0 Å². The molecule has 0 saturated heterocycles. The number of aliphatic carboxylic acids is 1. The van der Waals surface area contributed by atoms with Crippen LogP contribution in [0.4, 0.5) is 0 Å². The van der Waals surface area contributed by atoms with Gasteiger partial charge in [0.25, 0.3) is 0 Å². The standard InChI is InChI=1S/C12H10N2O3/c1-7-10(12(16)17)11(15)9(14-7)6-8-2-4-13-5-3-8/h2-6,15H,1H3,(H,16,17)/b9-6-. The molecule has 2 rings (SSSR count). The number of hydrogen-bond acceptors (Lipinski definition) is 4. The number of aliphatic hydroxyl groups excluding tert-OH is 1. The van der Waals surface area contributed by atoms with Crippen LogP contribution in [0.2, 0.25) is 0 Å². The van der Waals surface area contributed by atoms with E-state index in [-0.39, 0.29) is 17.0 Å². The topological polar surface area (TPSA) is 82.8 Å².